The molecule has 2 amide bonds. The SMILES string of the molecule is CCC(NC(=O)C[C@@H]1CCC[C@H]1N)c1ccccc1OCC(=O)N(C)C. The number of nitrogens with one attached hydrogen (secondary N) is 1. The van der Waals surface area contributed by atoms with Gasteiger partial charge in [-0.2, -0.15) is 0 Å². The number of nitrogens with two attached hydrogens (primary N) is 1. The van der Waals surface area contributed by atoms with E-state index in [0.29, 0.717) is 12.2 Å². The van der Waals surface area contributed by atoms with Gasteiger partial charge in [0.05, 0.1) is 6.04 Å². The van der Waals surface area contributed by atoms with E-state index in [2.05, 4.69) is 5.32 Å². The molecule has 144 valence electrons. The maximum absolute atomic E-state index is 12.5. The van der Waals surface area contributed by atoms with Crippen molar-refractivity contribution in [2.75, 3.05) is 20.7 Å². The molecule has 6 nitrogen and oxygen atoms in total. The van der Waals surface area contributed by atoms with Crippen LogP contribution >= 0.6 is 0 Å². The third-order valence-electron chi connectivity index (χ3n) is 5.05. The molecule has 2 rings (SSSR count). The minimum atomic E-state index is -0.147. The molecule has 1 unspecified atom stereocenters. The second-order valence-electron chi connectivity index (χ2n) is 7.20. The highest BCUT2D eigenvalue weighted by Gasteiger charge is 2.27. The fraction of sp³-hybridized carbons (Fsp3) is 0.600. The largest absolute Gasteiger partial charge is 0.483 e. The lowest BCUT2D eigenvalue weighted by Gasteiger charge is -2.22. The lowest BCUT2D eigenvalue weighted by Crippen LogP contribution is -2.34. The summed E-state index contributed by atoms with van der Waals surface area (Å²) in [5, 5.41) is 3.11. The standard InChI is InChI=1S/C20H31N3O3/c1-4-17(22-19(24)12-14-8-7-10-16(14)21)15-9-5-6-11-18(15)26-13-20(25)23(2)3/h5-6,9,11,14,16-17H,4,7-8,10,12-13,21H2,1-3H3,(H,22,24)/t14-,16+,17?/m0/s1. The highest BCUT2D eigenvalue weighted by molar-refractivity contribution is 5.77. The Morgan fingerprint density at radius 1 is 1.31 bits per heavy atom. The molecule has 3 N–H and O–H groups in total. The van der Waals surface area contributed by atoms with Crippen LogP contribution in [0.15, 0.2) is 24.3 Å². The van der Waals surface area contributed by atoms with Gasteiger partial charge in [-0.15, -0.1) is 0 Å². The zero-order valence-electron chi connectivity index (χ0n) is 16.0. The molecule has 1 saturated carbocycles. The summed E-state index contributed by atoms with van der Waals surface area (Å²) in [4.78, 5) is 25.8. The van der Waals surface area contributed by atoms with Gasteiger partial charge in [-0.25, -0.2) is 0 Å². The van der Waals surface area contributed by atoms with Gasteiger partial charge < -0.3 is 20.7 Å². The van der Waals surface area contributed by atoms with Crippen LogP contribution in [0.2, 0.25) is 0 Å². The minimum absolute atomic E-state index is 0.0225. The second kappa shape index (κ2) is 9.57. The van der Waals surface area contributed by atoms with Crippen molar-refractivity contribution in [1.29, 1.82) is 0 Å². The number of hydrogen-bond donors (Lipinski definition) is 2. The van der Waals surface area contributed by atoms with Crippen LogP contribution < -0.4 is 15.8 Å². The number of carbonyl (C=O) groups is 2. The normalized spacial score (nSPS) is 20.5. The molecular formula is C20H31N3O3. The molecule has 6 heteroatoms. The van der Waals surface area contributed by atoms with E-state index in [1.165, 1.54) is 4.90 Å². The molecule has 0 radical (unpaired) electrons. The predicted molar refractivity (Wildman–Crippen MR) is 102 cm³/mol. The van der Waals surface area contributed by atoms with E-state index < -0.39 is 0 Å². The van der Waals surface area contributed by atoms with Crippen LogP contribution in [-0.4, -0.2) is 43.5 Å². The first-order valence-electron chi connectivity index (χ1n) is 9.39. The Labute approximate surface area is 156 Å². The zero-order valence-corrected chi connectivity index (χ0v) is 16.0. The van der Waals surface area contributed by atoms with Crippen LogP contribution in [-0.2, 0) is 9.59 Å². The highest BCUT2D eigenvalue weighted by Crippen LogP contribution is 2.29. The number of rotatable bonds is 8. The van der Waals surface area contributed by atoms with Crippen LogP contribution in [0.1, 0.15) is 50.6 Å². The smallest absolute Gasteiger partial charge is 0.259 e. The van der Waals surface area contributed by atoms with E-state index in [1.807, 2.05) is 31.2 Å². The van der Waals surface area contributed by atoms with Gasteiger partial charge in [0.15, 0.2) is 6.61 Å². The Kier molecular flexibility index (Phi) is 7.45. The summed E-state index contributed by atoms with van der Waals surface area (Å²) >= 11 is 0. The molecule has 0 aromatic heterocycles. The van der Waals surface area contributed by atoms with Crippen molar-refractivity contribution in [3.63, 3.8) is 0 Å². The lowest BCUT2D eigenvalue weighted by molar-refractivity contribution is -0.130. The Morgan fingerprint density at radius 2 is 2.04 bits per heavy atom. The second-order valence-corrected chi connectivity index (χ2v) is 7.20. The maximum atomic E-state index is 12.5. The topological polar surface area (TPSA) is 84.7 Å². The van der Waals surface area contributed by atoms with Crippen molar-refractivity contribution in [1.82, 2.24) is 10.2 Å². The van der Waals surface area contributed by atoms with Crippen molar-refractivity contribution in [3.05, 3.63) is 29.8 Å². The zero-order chi connectivity index (χ0) is 19.1. The van der Waals surface area contributed by atoms with Crippen LogP contribution in [0.4, 0.5) is 0 Å². The third kappa shape index (κ3) is 5.46. The Balaban J connectivity index is 2.02. The molecule has 26 heavy (non-hydrogen) atoms. The molecule has 1 aromatic rings. The Morgan fingerprint density at radius 3 is 2.65 bits per heavy atom. The molecule has 0 heterocycles. The molecule has 1 aliphatic carbocycles. The van der Waals surface area contributed by atoms with Gasteiger partial charge in [0.25, 0.3) is 5.91 Å². The summed E-state index contributed by atoms with van der Waals surface area (Å²) in [5.74, 6) is 0.828. The van der Waals surface area contributed by atoms with Crippen molar-refractivity contribution in [2.24, 2.45) is 11.7 Å². The van der Waals surface area contributed by atoms with Crippen LogP contribution in [0.5, 0.6) is 5.75 Å². The number of likely N-dealkylation sites (N-methyl/N-ethyl adjacent to an activating group) is 1. The molecule has 1 aromatic carbocycles. The molecule has 1 fully saturated rings. The fourth-order valence-electron chi connectivity index (χ4n) is 3.38. The number of para-hydroxylation sites is 1. The van der Waals surface area contributed by atoms with E-state index in [1.54, 1.807) is 14.1 Å². The van der Waals surface area contributed by atoms with Gasteiger partial charge in [0, 0.05) is 32.1 Å². The van der Waals surface area contributed by atoms with E-state index in [-0.39, 0.29) is 36.4 Å². The first-order valence-corrected chi connectivity index (χ1v) is 9.39. The molecule has 0 bridgehead atoms. The molecule has 3 atom stereocenters. The average Bonchev–Trinajstić information content (AvgIpc) is 3.02. The summed E-state index contributed by atoms with van der Waals surface area (Å²) in [6.07, 6.45) is 4.35. The van der Waals surface area contributed by atoms with E-state index in [0.717, 1.165) is 31.2 Å². The first kappa shape index (κ1) is 20.2. The monoisotopic (exact) mass is 361 g/mol. The van der Waals surface area contributed by atoms with Gasteiger partial charge in [0.1, 0.15) is 5.75 Å². The number of ether oxygens (including phenoxy) is 1. The summed E-state index contributed by atoms with van der Waals surface area (Å²) in [7, 11) is 3.39. The molecule has 0 spiro atoms. The number of nitrogens with zero attached hydrogens (tertiary/aromatic N) is 1. The summed E-state index contributed by atoms with van der Waals surface area (Å²) in [6, 6.07) is 7.53. The Hall–Kier alpha value is -2.08. The van der Waals surface area contributed by atoms with Crippen LogP contribution in [0, 0.1) is 5.92 Å². The summed E-state index contributed by atoms with van der Waals surface area (Å²) in [5.41, 5.74) is 6.98. The molecular weight excluding hydrogens is 330 g/mol. The van der Waals surface area contributed by atoms with Crippen molar-refractivity contribution in [2.45, 2.75) is 51.1 Å². The predicted octanol–water partition coefficient (Wildman–Crippen LogP) is 2.24. The number of carbonyl (C=O) groups excluding carboxylic acids is 2. The van der Waals surface area contributed by atoms with Gasteiger partial charge in [0.2, 0.25) is 5.91 Å². The number of hydrogen-bond acceptors (Lipinski definition) is 4. The van der Waals surface area contributed by atoms with E-state index in [4.69, 9.17) is 10.5 Å². The van der Waals surface area contributed by atoms with E-state index >= 15 is 0 Å². The molecule has 0 aliphatic heterocycles. The van der Waals surface area contributed by atoms with Crippen LogP contribution in [0.25, 0.3) is 0 Å². The van der Waals surface area contributed by atoms with E-state index in [9.17, 15) is 9.59 Å². The van der Waals surface area contributed by atoms with Gasteiger partial charge >= 0.3 is 0 Å². The van der Waals surface area contributed by atoms with Crippen molar-refractivity contribution >= 4 is 11.8 Å². The minimum Gasteiger partial charge on any atom is -0.483 e. The lowest BCUT2D eigenvalue weighted by atomic mass is 9.98. The van der Waals surface area contributed by atoms with Crippen molar-refractivity contribution < 1.29 is 14.3 Å². The van der Waals surface area contributed by atoms with Crippen LogP contribution in [0.3, 0.4) is 0 Å². The summed E-state index contributed by atoms with van der Waals surface area (Å²) in [6.45, 7) is 2.00. The summed E-state index contributed by atoms with van der Waals surface area (Å²) < 4.78 is 5.71. The number of benzene rings is 1. The Bertz CT molecular complexity index is 618. The van der Waals surface area contributed by atoms with Gasteiger partial charge in [-0.1, -0.05) is 31.5 Å². The first-order chi connectivity index (χ1) is 12.4. The number of amides is 2. The average molecular weight is 361 g/mol. The fourth-order valence-corrected chi connectivity index (χ4v) is 3.38. The molecule has 1 aliphatic rings. The molecule has 0 saturated heterocycles. The van der Waals surface area contributed by atoms with Gasteiger partial charge in [-0.3, -0.25) is 9.59 Å². The van der Waals surface area contributed by atoms with Gasteiger partial charge in [-0.05, 0) is 31.2 Å². The van der Waals surface area contributed by atoms with Crippen molar-refractivity contribution in [3.8, 4) is 5.75 Å². The highest BCUT2D eigenvalue weighted by atomic mass is 16.5. The third-order valence-corrected chi connectivity index (χ3v) is 5.05. The maximum Gasteiger partial charge on any atom is 0.259 e. The quantitative estimate of drug-likeness (QED) is 0.744.